The van der Waals surface area contributed by atoms with Gasteiger partial charge in [-0.2, -0.15) is 5.21 Å². The number of nitrogens with one attached hydrogen (secondary N) is 1. The Morgan fingerprint density at radius 2 is 2.14 bits per heavy atom. The van der Waals surface area contributed by atoms with Gasteiger partial charge in [-0.3, -0.25) is 0 Å². The van der Waals surface area contributed by atoms with Crippen molar-refractivity contribution in [2.45, 2.75) is 39.2 Å². The van der Waals surface area contributed by atoms with E-state index in [4.69, 9.17) is 12.2 Å². The summed E-state index contributed by atoms with van der Waals surface area (Å²) in [4.78, 5) is 0. The van der Waals surface area contributed by atoms with Crippen LogP contribution in [0.3, 0.4) is 0 Å². The zero-order valence-corrected chi connectivity index (χ0v) is 9.42. The number of aromatic amines is 1. The van der Waals surface area contributed by atoms with Gasteiger partial charge in [-0.25, -0.2) is 4.68 Å². The topological polar surface area (TPSA) is 46.5 Å². The fraction of sp³-hybridized carbons (Fsp3) is 0.889. The Morgan fingerprint density at radius 1 is 1.36 bits per heavy atom. The predicted molar refractivity (Wildman–Crippen MR) is 56.4 cm³/mol. The lowest BCUT2D eigenvalue weighted by Crippen LogP contribution is -2.24. The fourth-order valence-corrected chi connectivity index (χ4v) is 2.43. The van der Waals surface area contributed by atoms with E-state index in [2.05, 4.69) is 29.4 Å². The molecule has 0 aromatic carbocycles. The van der Waals surface area contributed by atoms with Crippen LogP contribution in [0, 0.1) is 16.6 Å². The smallest absolute Gasteiger partial charge is 0.238 e. The Morgan fingerprint density at radius 3 is 2.71 bits per heavy atom. The molecule has 1 aromatic heterocycles. The Bertz CT molecular complexity index is 356. The van der Waals surface area contributed by atoms with Crippen molar-refractivity contribution < 1.29 is 0 Å². The first kappa shape index (κ1) is 9.83. The maximum atomic E-state index is 5.09. The molecule has 1 aliphatic carbocycles. The van der Waals surface area contributed by atoms with Gasteiger partial charge in [0.1, 0.15) is 0 Å². The van der Waals surface area contributed by atoms with Crippen molar-refractivity contribution in [2.24, 2.45) is 11.8 Å². The molecule has 0 spiro atoms. The summed E-state index contributed by atoms with van der Waals surface area (Å²) in [6.45, 7) is 4.63. The van der Waals surface area contributed by atoms with Crippen molar-refractivity contribution in [3.8, 4) is 0 Å². The predicted octanol–water partition coefficient (Wildman–Crippen LogP) is 2.33. The van der Waals surface area contributed by atoms with Gasteiger partial charge in [0.2, 0.25) is 4.77 Å². The van der Waals surface area contributed by atoms with Gasteiger partial charge in [0.15, 0.2) is 0 Å². The van der Waals surface area contributed by atoms with Crippen molar-refractivity contribution in [1.82, 2.24) is 20.2 Å². The highest BCUT2D eigenvalue weighted by atomic mass is 32.1. The second-order valence-corrected chi connectivity index (χ2v) is 4.74. The molecule has 1 aliphatic rings. The standard InChI is InChI=1S/C9H16N4S/c1-6-3-4-8(5-7(6)2)13-9(14)10-11-12-13/h6-8H,3-5H2,1-2H3,(H,10,12,14). The average Bonchev–Trinajstić information content (AvgIpc) is 2.57. The van der Waals surface area contributed by atoms with Crippen molar-refractivity contribution in [3.05, 3.63) is 4.77 Å². The third kappa shape index (κ3) is 1.73. The van der Waals surface area contributed by atoms with Gasteiger partial charge in [-0.15, -0.1) is 0 Å². The number of rotatable bonds is 1. The van der Waals surface area contributed by atoms with Crippen molar-refractivity contribution >= 4 is 12.2 Å². The first-order chi connectivity index (χ1) is 6.68. The summed E-state index contributed by atoms with van der Waals surface area (Å²) in [5.41, 5.74) is 0. The lowest BCUT2D eigenvalue weighted by atomic mass is 9.79. The molecule has 14 heavy (non-hydrogen) atoms. The molecule has 3 unspecified atom stereocenters. The number of hydrogen-bond acceptors (Lipinski definition) is 3. The minimum absolute atomic E-state index is 0.476. The van der Waals surface area contributed by atoms with Crippen LogP contribution in [0.4, 0.5) is 0 Å². The number of hydrogen-bond donors (Lipinski definition) is 1. The van der Waals surface area contributed by atoms with Crippen LogP contribution in [0.2, 0.25) is 0 Å². The van der Waals surface area contributed by atoms with E-state index in [0.29, 0.717) is 10.8 Å². The highest BCUT2D eigenvalue weighted by molar-refractivity contribution is 7.71. The van der Waals surface area contributed by atoms with Gasteiger partial charge in [0.05, 0.1) is 6.04 Å². The lowest BCUT2D eigenvalue weighted by Gasteiger charge is -2.31. The molecule has 1 saturated carbocycles. The highest BCUT2D eigenvalue weighted by Crippen LogP contribution is 2.35. The van der Waals surface area contributed by atoms with E-state index in [1.54, 1.807) is 0 Å². The van der Waals surface area contributed by atoms with Crippen LogP contribution in [0.25, 0.3) is 0 Å². The minimum Gasteiger partial charge on any atom is -0.239 e. The Labute approximate surface area is 88.7 Å². The maximum absolute atomic E-state index is 5.09. The van der Waals surface area contributed by atoms with E-state index in [0.717, 1.165) is 11.8 Å². The molecule has 1 heterocycles. The Hall–Kier alpha value is -0.710. The quantitative estimate of drug-likeness (QED) is 0.727. The van der Waals surface area contributed by atoms with Crippen LogP contribution < -0.4 is 0 Å². The zero-order valence-electron chi connectivity index (χ0n) is 8.60. The molecule has 4 nitrogen and oxygen atoms in total. The van der Waals surface area contributed by atoms with Crippen LogP contribution in [0.15, 0.2) is 0 Å². The van der Waals surface area contributed by atoms with Gasteiger partial charge < -0.3 is 0 Å². The van der Waals surface area contributed by atoms with Gasteiger partial charge >= 0.3 is 0 Å². The third-order valence-electron chi connectivity index (χ3n) is 3.43. The van der Waals surface area contributed by atoms with Crippen molar-refractivity contribution in [3.63, 3.8) is 0 Å². The van der Waals surface area contributed by atoms with E-state index in [1.807, 2.05) is 4.68 Å². The molecule has 3 atom stereocenters. The number of tetrazole rings is 1. The molecule has 1 fully saturated rings. The second kappa shape index (κ2) is 3.81. The molecule has 0 amide bonds. The average molecular weight is 212 g/mol. The van der Waals surface area contributed by atoms with Crippen molar-refractivity contribution in [1.29, 1.82) is 0 Å². The summed E-state index contributed by atoms with van der Waals surface area (Å²) in [7, 11) is 0. The zero-order chi connectivity index (χ0) is 10.1. The van der Waals surface area contributed by atoms with Gasteiger partial charge in [0.25, 0.3) is 0 Å². The number of nitrogens with zero attached hydrogens (tertiary/aromatic N) is 3. The summed E-state index contributed by atoms with van der Waals surface area (Å²) in [5.74, 6) is 1.59. The largest absolute Gasteiger partial charge is 0.239 e. The molecule has 5 heteroatoms. The molecule has 1 N–H and O–H groups in total. The third-order valence-corrected chi connectivity index (χ3v) is 3.71. The SMILES string of the molecule is CC1CCC(n2[nH]nnc2=S)CC1C. The fourth-order valence-electron chi connectivity index (χ4n) is 2.20. The van der Waals surface area contributed by atoms with Gasteiger partial charge in [0, 0.05) is 0 Å². The monoisotopic (exact) mass is 212 g/mol. The van der Waals surface area contributed by atoms with Gasteiger partial charge in [-0.05, 0) is 43.3 Å². The van der Waals surface area contributed by atoms with Gasteiger partial charge in [-0.1, -0.05) is 24.2 Å². The molecule has 0 radical (unpaired) electrons. The van der Waals surface area contributed by atoms with Crippen LogP contribution in [-0.2, 0) is 0 Å². The van der Waals surface area contributed by atoms with E-state index in [-0.39, 0.29) is 0 Å². The first-order valence-corrected chi connectivity index (χ1v) is 5.59. The summed E-state index contributed by atoms with van der Waals surface area (Å²) in [6, 6.07) is 0.476. The molecular formula is C9H16N4S. The molecule has 0 aliphatic heterocycles. The number of H-pyrrole nitrogens is 1. The lowest BCUT2D eigenvalue weighted by molar-refractivity contribution is 0.198. The second-order valence-electron chi connectivity index (χ2n) is 4.37. The molecular weight excluding hydrogens is 196 g/mol. The van der Waals surface area contributed by atoms with Crippen LogP contribution in [0.5, 0.6) is 0 Å². The maximum Gasteiger partial charge on any atom is 0.238 e. The molecule has 78 valence electrons. The van der Waals surface area contributed by atoms with Crippen LogP contribution in [-0.4, -0.2) is 20.2 Å². The molecule has 2 rings (SSSR count). The summed E-state index contributed by atoms with van der Waals surface area (Å²) >= 11 is 5.09. The summed E-state index contributed by atoms with van der Waals surface area (Å²) in [5, 5.41) is 10.4. The van der Waals surface area contributed by atoms with E-state index < -0.39 is 0 Å². The first-order valence-electron chi connectivity index (χ1n) is 5.18. The molecule has 0 saturated heterocycles. The van der Waals surface area contributed by atoms with E-state index in [9.17, 15) is 0 Å². The Kier molecular flexibility index (Phi) is 2.67. The summed E-state index contributed by atoms with van der Waals surface area (Å²) in [6.07, 6.45) is 3.63. The van der Waals surface area contributed by atoms with Crippen LogP contribution >= 0.6 is 12.2 Å². The van der Waals surface area contributed by atoms with E-state index in [1.165, 1.54) is 19.3 Å². The normalized spacial score (nSPS) is 33.1. The molecule has 1 aromatic rings. The molecule has 0 bridgehead atoms. The summed E-state index contributed by atoms with van der Waals surface area (Å²) < 4.78 is 2.51. The number of aromatic nitrogens is 4. The van der Waals surface area contributed by atoms with E-state index >= 15 is 0 Å². The van der Waals surface area contributed by atoms with Crippen molar-refractivity contribution in [2.75, 3.05) is 0 Å². The Balaban J connectivity index is 2.14. The minimum atomic E-state index is 0.476. The highest BCUT2D eigenvalue weighted by Gasteiger charge is 2.26. The van der Waals surface area contributed by atoms with Crippen LogP contribution in [0.1, 0.15) is 39.2 Å².